The normalized spacial score (nSPS) is 18.7. The van der Waals surface area contributed by atoms with E-state index in [-0.39, 0.29) is 12.4 Å². The van der Waals surface area contributed by atoms with Crippen LogP contribution < -0.4 is 14.8 Å². The molecule has 0 aromatic heterocycles. The van der Waals surface area contributed by atoms with Gasteiger partial charge >= 0.3 is 5.97 Å². The van der Waals surface area contributed by atoms with Gasteiger partial charge in [-0.25, -0.2) is 4.79 Å². The Bertz CT molecular complexity index is 886. The summed E-state index contributed by atoms with van der Waals surface area (Å²) in [5.74, 6) is 0.0223. The maximum absolute atomic E-state index is 13.1. The molecule has 7 heteroatoms. The van der Waals surface area contributed by atoms with Crippen LogP contribution in [0.1, 0.15) is 44.6 Å². The SMILES string of the molecule is CCOCCOC(=O)C1=C(C)NC2=C(C(=O)CCC2)[C@@H]1c1cccc(OC)c1OC. The number of para-hydroxylation sites is 1. The molecule has 0 bridgehead atoms. The number of esters is 1. The van der Waals surface area contributed by atoms with Crippen LogP contribution in [0.5, 0.6) is 11.5 Å². The third kappa shape index (κ3) is 4.21. The minimum Gasteiger partial charge on any atom is -0.493 e. The summed E-state index contributed by atoms with van der Waals surface area (Å²) in [4.78, 5) is 26.1. The zero-order valence-electron chi connectivity index (χ0n) is 18.0. The second-order valence-electron chi connectivity index (χ2n) is 7.18. The van der Waals surface area contributed by atoms with Crippen molar-refractivity contribution in [3.63, 3.8) is 0 Å². The van der Waals surface area contributed by atoms with Gasteiger partial charge in [0.15, 0.2) is 17.3 Å². The molecule has 1 atom stereocenters. The van der Waals surface area contributed by atoms with Crippen LogP contribution in [-0.4, -0.2) is 45.8 Å². The largest absolute Gasteiger partial charge is 0.493 e. The highest BCUT2D eigenvalue weighted by molar-refractivity contribution is 6.04. The molecule has 3 rings (SSSR count). The van der Waals surface area contributed by atoms with Crippen LogP contribution in [0.15, 0.2) is 40.7 Å². The van der Waals surface area contributed by atoms with E-state index in [1.54, 1.807) is 20.3 Å². The van der Waals surface area contributed by atoms with Gasteiger partial charge < -0.3 is 24.3 Å². The summed E-state index contributed by atoms with van der Waals surface area (Å²) in [6, 6.07) is 5.49. The number of carbonyl (C=O) groups excluding carboxylic acids is 2. The molecule has 0 saturated carbocycles. The quantitative estimate of drug-likeness (QED) is 0.515. The van der Waals surface area contributed by atoms with Gasteiger partial charge in [0, 0.05) is 35.6 Å². The minimum absolute atomic E-state index is 0.0331. The molecule has 7 nitrogen and oxygen atoms in total. The molecule has 0 radical (unpaired) electrons. The molecule has 1 aliphatic carbocycles. The van der Waals surface area contributed by atoms with E-state index in [0.29, 0.717) is 53.5 Å². The monoisotopic (exact) mass is 415 g/mol. The van der Waals surface area contributed by atoms with Crippen LogP contribution in [0, 0.1) is 0 Å². The first-order valence-electron chi connectivity index (χ1n) is 10.2. The van der Waals surface area contributed by atoms with E-state index in [1.807, 2.05) is 26.0 Å². The van der Waals surface area contributed by atoms with Gasteiger partial charge in [0.25, 0.3) is 0 Å². The molecule has 1 aromatic rings. The molecule has 1 N–H and O–H groups in total. The number of ketones is 1. The standard InChI is InChI=1S/C23H29NO6/c1-5-29-12-13-30-23(26)19-14(2)24-16-9-7-10-17(25)21(16)20(19)15-8-6-11-18(27-3)22(15)28-4/h6,8,11,20,24H,5,7,9-10,12-13H2,1-4H3/t20-/m1/s1. The minimum atomic E-state index is -0.585. The highest BCUT2D eigenvalue weighted by Gasteiger charge is 2.40. The Morgan fingerprint density at radius 2 is 1.97 bits per heavy atom. The Balaban J connectivity index is 2.09. The van der Waals surface area contributed by atoms with Crippen molar-refractivity contribution >= 4 is 11.8 Å². The summed E-state index contributed by atoms with van der Waals surface area (Å²) in [6.07, 6.45) is 2.00. The summed E-state index contributed by atoms with van der Waals surface area (Å²) < 4.78 is 21.8. The van der Waals surface area contributed by atoms with E-state index >= 15 is 0 Å². The molecule has 0 unspecified atom stereocenters. The van der Waals surface area contributed by atoms with Gasteiger partial charge in [-0.15, -0.1) is 0 Å². The summed E-state index contributed by atoms with van der Waals surface area (Å²) in [5, 5.41) is 3.28. The number of hydrogen-bond donors (Lipinski definition) is 1. The van der Waals surface area contributed by atoms with E-state index in [9.17, 15) is 9.59 Å². The van der Waals surface area contributed by atoms with Gasteiger partial charge in [-0.2, -0.15) is 0 Å². The molecule has 1 aliphatic heterocycles. The first kappa shape index (κ1) is 21.9. The van der Waals surface area contributed by atoms with Gasteiger partial charge in [-0.1, -0.05) is 12.1 Å². The number of methoxy groups -OCH3 is 2. The maximum Gasteiger partial charge on any atom is 0.336 e. The van der Waals surface area contributed by atoms with E-state index in [2.05, 4.69) is 5.32 Å². The summed E-state index contributed by atoms with van der Waals surface area (Å²) in [6.45, 7) is 4.73. The lowest BCUT2D eigenvalue weighted by Crippen LogP contribution is -2.34. The maximum atomic E-state index is 13.1. The highest BCUT2D eigenvalue weighted by atomic mass is 16.6. The second-order valence-corrected chi connectivity index (χ2v) is 7.18. The molecule has 162 valence electrons. The lowest BCUT2D eigenvalue weighted by atomic mass is 9.75. The van der Waals surface area contributed by atoms with Crippen molar-refractivity contribution in [2.24, 2.45) is 0 Å². The van der Waals surface area contributed by atoms with E-state index < -0.39 is 11.9 Å². The number of benzene rings is 1. The molecule has 1 heterocycles. The van der Waals surface area contributed by atoms with E-state index in [0.717, 1.165) is 18.5 Å². The number of allylic oxidation sites excluding steroid dienone is 3. The average Bonchev–Trinajstić information content (AvgIpc) is 2.75. The van der Waals surface area contributed by atoms with Gasteiger partial charge in [0.05, 0.1) is 32.3 Å². The Morgan fingerprint density at radius 1 is 1.17 bits per heavy atom. The number of rotatable bonds is 8. The fourth-order valence-corrected chi connectivity index (χ4v) is 4.12. The molecule has 0 spiro atoms. The summed E-state index contributed by atoms with van der Waals surface area (Å²) >= 11 is 0. The van der Waals surface area contributed by atoms with Crippen LogP contribution in [-0.2, 0) is 19.1 Å². The van der Waals surface area contributed by atoms with Crippen LogP contribution in [0.3, 0.4) is 0 Å². The van der Waals surface area contributed by atoms with Crippen molar-refractivity contribution in [1.29, 1.82) is 0 Å². The zero-order chi connectivity index (χ0) is 21.7. The third-order valence-electron chi connectivity index (χ3n) is 5.41. The second kappa shape index (κ2) is 9.80. The zero-order valence-corrected chi connectivity index (χ0v) is 18.0. The number of hydrogen-bond acceptors (Lipinski definition) is 7. The average molecular weight is 415 g/mol. The molecular weight excluding hydrogens is 386 g/mol. The predicted octanol–water partition coefficient (Wildman–Crippen LogP) is 3.25. The molecule has 0 saturated heterocycles. The van der Waals surface area contributed by atoms with Gasteiger partial charge in [-0.05, 0) is 32.8 Å². The number of nitrogens with one attached hydrogen (secondary N) is 1. The summed E-state index contributed by atoms with van der Waals surface area (Å²) in [7, 11) is 3.11. The van der Waals surface area contributed by atoms with Gasteiger partial charge in [0.1, 0.15) is 6.61 Å². The molecule has 30 heavy (non-hydrogen) atoms. The van der Waals surface area contributed by atoms with E-state index in [4.69, 9.17) is 18.9 Å². The fraction of sp³-hybridized carbons (Fsp3) is 0.478. The Morgan fingerprint density at radius 3 is 2.67 bits per heavy atom. The molecule has 0 fully saturated rings. The first-order chi connectivity index (χ1) is 14.5. The predicted molar refractivity (Wildman–Crippen MR) is 111 cm³/mol. The molecule has 2 aliphatic rings. The Kier molecular flexibility index (Phi) is 7.15. The van der Waals surface area contributed by atoms with E-state index in [1.165, 1.54) is 0 Å². The van der Waals surface area contributed by atoms with Crippen LogP contribution in [0.4, 0.5) is 0 Å². The van der Waals surface area contributed by atoms with Crippen LogP contribution in [0.2, 0.25) is 0 Å². The lowest BCUT2D eigenvalue weighted by molar-refractivity contribution is -0.140. The van der Waals surface area contributed by atoms with Gasteiger partial charge in [-0.3, -0.25) is 4.79 Å². The van der Waals surface area contributed by atoms with Crippen molar-refractivity contribution < 1.29 is 28.5 Å². The third-order valence-corrected chi connectivity index (χ3v) is 5.41. The number of carbonyl (C=O) groups is 2. The number of Topliss-reactive ketones (excluding diaryl/α,β-unsaturated/α-hetero) is 1. The molecule has 0 amide bonds. The van der Waals surface area contributed by atoms with Crippen molar-refractivity contribution in [3.8, 4) is 11.5 Å². The van der Waals surface area contributed by atoms with Crippen LogP contribution in [0.25, 0.3) is 0 Å². The van der Waals surface area contributed by atoms with Crippen molar-refractivity contribution in [2.75, 3.05) is 34.0 Å². The first-order valence-corrected chi connectivity index (χ1v) is 10.2. The van der Waals surface area contributed by atoms with Crippen LogP contribution >= 0.6 is 0 Å². The number of ether oxygens (including phenoxy) is 4. The highest BCUT2D eigenvalue weighted by Crippen LogP contribution is 2.47. The smallest absolute Gasteiger partial charge is 0.336 e. The fourth-order valence-electron chi connectivity index (χ4n) is 4.12. The molecule has 1 aromatic carbocycles. The van der Waals surface area contributed by atoms with Crippen molar-refractivity contribution in [3.05, 3.63) is 46.3 Å². The Hall–Kier alpha value is -2.80. The van der Waals surface area contributed by atoms with Gasteiger partial charge in [0.2, 0.25) is 0 Å². The summed E-state index contributed by atoms with van der Waals surface area (Å²) in [5.41, 5.74) is 3.27. The lowest BCUT2D eigenvalue weighted by Gasteiger charge is -2.34. The van der Waals surface area contributed by atoms with Crippen molar-refractivity contribution in [1.82, 2.24) is 5.32 Å². The van der Waals surface area contributed by atoms with Crippen molar-refractivity contribution in [2.45, 2.75) is 39.0 Å². The molecular formula is C23H29NO6. The topological polar surface area (TPSA) is 83.1 Å². The Labute approximate surface area is 177 Å². The number of dihydropyridines is 1.